The molecule has 0 aromatic heterocycles. The highest BCUT2D eigenvalue weighted by Gasteiger charge is 2.33. The van der Waals surface area contributed by atoms with Crippen LogP contribution in [0.3, 0.4) is 0 Å². The molecule has 2 fully saturated rings. The van der Waals surface area contributed by atoms with Gasteiger partial charge in [-0.05, 0) is 32.2 Å². The van der Waals surface area contributed by atoms with Gasteiger partial charge in [-0.3, -0.25) is 4.90 Å². The lowest BCUT2D eigenvalue weighted by molar-refractivity contribution is -0.0290. The molecule has 94 valence electrons. The van der Waals surface area contributed by atoms with Crippen LogP contribution in [-0.2, 0) is 4.74 Å². The molecule has 3 unspecified atom stereocenters. The fourth-order valence-electron chi connectivity index (χ4n) is 3.23. The maximum Gasteiger partial charge on any atom is 0.0622 e. The third-order valence-electron chi connectivity index (χ3n) is 4.11. The highest BCUT2D eigenvalue weighted by Crippen LogP contribution is 2.27. The van der Waals surface area contributed by atoms with E-state index in [2.05, 4.69) is 24.1 Å². The van der Waals surface area contributed by atoms with Crippen molar-refractivity contribution in [2.75, 3.05) is 26.3 Å². The summed E-state index contributed by atoms with van der Waals surface area (Å²) in [4.78, 5) is 2.71. The molecule has 0 spiro atoms. The number of rotatable bonds is 4. The Morgan fingerprint density at radius 2 is 2.19 bits per heavy atom. The SMILES string of the molecule is CCNC1CCC(N2CCOCC2CC)C1. The van der Waals surface area contributed by atoms with E-state index in [1.54, 1.807) is 0 Å². The fourth-order valence-corrected chi connectivity index (χ4v) is 3.23. The Balaban J connectivity index is 1.86. The van der Waals surface area contributed by atoms with Crippen LogP contribution in [0.15, 0.2) is 0 Å². The average molecular weight is 226 g/mol. The van der Waals surface area contributed by atoms with Crippen LogP contribution in [-0.4, -0.2) is 49.3 Å². The van der Waals surface area contributed by atoms with Crippen molar-refractivity contribution in [2.24, 2.45) is 0 Å². The second-order valence-electron chi connectivity index (χ2n) is 5.10. The zero-order chi connectivity index (χ0) is 11.4. The van der Waals surface area contributed by atoms with E-state index in [1.165, 1.54) is 25.7 Å². The lowest BCUT2D eigenvalue weighted by atomic mass is 10.1. The average Bonchev–Trinajstić information content (AvgIpc) is 2.78. The summed E-state index contributed by atoms with van der Waals surface area (Å²) in [6.45, 7) is 8.61. The molecule has 16 heavy (non-hydrogen) atoms. The predicted octanol–water partition coefficient (Wildman–Crippen LogP) is 1.63. The number of hydrogen-bond acceptors (Lipinski definition) is 3. The van der Waals surface area contributed by atoms with Crippen LogP contribution in [0, 0.1) is 0 Å². The second kappa shape index (κ2) is 5.99. The van der Waals surface area contributed by atoms with Gasteiger partial charge in [0.25, 0.3) is 0 Å². The Morgan fingerprint density at radius 1 is 1.31 bits per heavy atom. The summed E-state index contributed by atoms with van der Waals surface area (Å²) in [5, 5.41) is 3.59. The van der Waals surface area contributed by atoms with Crippen molar-refractivity contribution in [3.63, 3.8) is 0 Å². The minimum Gasteiger partial charge on any atom is -0.378 e. The first-order chi connectivity index (χ1) is 7.85. The van der Waals surface area contributed by atoms with Crippen LogP contribution in [0.2, 0.25) is 0 Å². The van der Waals surface area contributed by atoms with E-state index in [0.717, 1.165) is 38.4 Å². The Hall–Kier alpha value is -0.120. The monoisotopic (exact) mass is 226 g/mol. The van der Waals surface area contributed by atoms with Crippen molar-refractivity contribution in [1.82, 2.24) is 10.2 Å². The van der Waals surface area contributed by atoms with E-state index in [4.69, 9.17) is 4.74 Å². The highest BCUT2D eigenvalue weighted by molar-refractivity contribution is 4.90. The third kappa shape index (κ3) is 2.76. The second-order valence-corrected chi connectivity index (χ2v) is 5.10. The van der Waals surface area contributed by atoms with Gasteiger partial charge >= 0.3 is 0 Å². The number of hydrogen-bond donors (Lipinski definition) is 1. The van der Waals surface area contributed by atoms with E-state index in [0.29, 0.717) is 6.04 Å². The highest BCUT2D eigenvalue weighted by atomic mass is 16.5. The Labute approximate surface area is 99.5 Å². The maximum absolute atomic E-state index is 5.58. The van der Waals surface area contributed by atoms with E-state index in [-0.39, 0.29) is 0 Å². The van der Waals surface area contributed by atoms with Crippen molar-refractivity contribution in [2.45, 2.75) is 57.7 Å². The molecular formula is C13H26N2O. The Kier molecular flexibility index (Phi) is 4.62. The quantitative estimate of drug-likeness (QED) is 0.788. The molecule has 2 aliphatic rings. The molecule has 0 amide bonds. The summed E-state index contributed by atoms with van der Waals surface area (Å²) >= 11 is 0. The zero-order valence-electron chi connectivity index (χ0n) is 10.7. The molecule has 1 N–H and O–H groups in total. The molecular weight excluding hydrogens is 200 g/mol. The third-order valence-corrected chi connectivity index (χ3v) is 4.11. The first-order valence-corrected chi connectivity index (χ1v) is 6.92. The fraction of sp³-hybridized carbons (Fsp3) is 1.00. The van der Waals surface area contributed by atoms with Gasteiger partial charge in [-0.25, -0.2) is 0 Å². The molecule has 2 rings (SSSR count). The van der Waals surface area contributed by atoms with Crippen LogP contribution in [0.1, 0.15) is 39.5 Å². The van der Waals surface area contributed by atoms with Crippen molar-refractivity contribution in [1.29, 1.82) is 0 Å². The first kappa shape index (κ1) is 12.3. The van der Waals surface area contributed by atoms with E-state index in [9.17, 15) is 0 Å². The van der Waals surface area contributed by atoms with Crippen molar-refractivity contribution in [3.05, 3.63) is 0 Å². The molecule has 3 nitrogen and oxygen atoms in total. The molecule has 0 aromatic rings. The smallest absolute Gasteiger partial charge is 0.0622 e. The lowest BCUT2D eigenvalue weighted by Gasteiger charge is -2.39. The lowest BCUT2D eigenvalue weighted by Crippen LogP contribution is -2.50. The predicted molar refractivity (Wildman–Crippen MR) is 66.7 cm³/mol. The van der Waals surface area contributed by atoms with Crippen LogP contribution in [0.25, 0.3) is 0 Å². The summed E-state index contributed by atoms with van der Waals surface area (Å²) in [6.07, 6.45) is 5.28. The normalized spacial score (nSPS) is 36.8. The van der Waals surface area contributed by atoms with Gasteiger partial charge in [0.05, 0.1) is 13.2 Å². The molecule has 1 saturated heterocycles. The Morgan fingerprint density at radius 3 is 2.94 bits per heavy atom. The van der Waals surface area contributed by atoms with Gasteiger partial charge in [0.2, 0.25) is 0 Å². The first-order valence-electron chi connectivity index (χ1n) is 6.92. The van der Waals surface area contributed by atoms with Gasteiger partial charge in [0.1, 0.15) is 0 Å². The number of ether oxygens (including phenoxy) is 1. The summed E-state index contributed by atoms with van der Waals surface area (Å²) < 4.78 is 5.58. The van der Waals surface area contributed by atoms with Gasteiger partial charge < -0.3 is 10.1 Å². The molecule has 1 saturated carbocycles. The summed E-state index contributed by atoms with van der Waals surface area (Å²) in [6, 6.07) is 2.23. The molecule has 0 aromatic carbocycles. The molecule has 1 aliphatic carbocycles. The van der Waals surface area contributed by atoms with Crippen LogP contribution in [0.4, 0.5) is 0 Å². The standard InChI is InChI=1S/C13H26N2O/c1-3-12-10-16-8-7-15(12)13-6-5-11(9-13)14-4-2/h11-14H,3-10H2,1-2H3. The number of nitrogens with zero attached hydrogens (tertiary/aromatic N) is 1. The maximum atomic E-state index is 5.58. The molecule has 0 radical (unpaired) electrons. The van der Waals surface area contributed by atoms with E-state index < -0.39 is 0 Å². The molecule has 1 heterocycles. The van der Waals surface area contributed by atoms with Gasteiger partial charge in [-0.1, -0.05) is 13.8 Å². The van der Waals surface area contributed by atoms with Gasteiger partial charge in [-0.15, -0.1) is 0 Å². The summed E-state index contributed by atoms with van der Waals surface area (Å²) in [5.74, 6) is 0. The Bertz CT molecular complexity index is 210. The number of morpholine rings is 1. The zero-order valence-corrected chi connectivity index (χ0v) is 10.7. The topological polar surface area (TPSA) is 24.5 Å². The minimum atomic E-state index is 0.666. The molecule has 1 aliphatic heterocycles. The van der Waals surface area contributed by atoms with Gasteiger partial charge in [-0.2, -0.15) is 0 Å². The van der Waals surface area contributed by atoms with Crippen LogP contribution < -0.4 is 5.32 Å². The van der Waals surface area contributed by atoms with Crippen molar-refractivity contribution >= 4 is 0 Å². The van der Waals surface area contributed by atoms with Crippen LogP contribution >= 0.6 is 0 Å². The largest absolute Gasteiger partial charge is 0.378 e. The summed E-state index contributed by atoms with van der Waals surface area (Å²) in [5.41, 5.74) is 0. The molecule has 3 atom stereocenters. The van der Waals surface area contributed by atoms with E-state index in [1.807, 2.05) is 0 Å². The van der Waals surface area contributed by atoms with Gasteiger partial charge in [0.15, 0.2) is 0 Å². The van der Waals surface area contributed by atoms with Gasteiger partial charge in [0, 0.05) is 24.7 Å². The van der Waals surface area contributed by atoms with E-state index >= 15 is 0 Å². The number of nitrogens with one attached hydrogen (secondary N) is 1. The molecule has 3 heteroatoms. The minimum absolute atomic E-state index is 0.666. The molecule has 0 bridgehead atoms. The van der Waals surface area contributed by atoms with Crippen molar-refractivity contribution in [3.8, 4) is 0 Å². The summed E-state index contributed by atoms with van der Waals surface area (Å²) in [7, 11) is 0. The van der Waals surface area contributed by atoms with Crippen molar-refractivity contribution < 1.29 is 4.74 Å². The van der Waals surface area contributed by atoms with Crippen LogP contribution in [0.5, 0.6) is 0 Å².